The fourth-order valence-corrected chi connectivity index (χ4v) is 4.91. The Hall–Kier alpha value is -2.73. The van der Waals surface area contributed by atoms with Gasteiger partial charge in [-0.1, -0.05) is 29.8 Å². The van der Waals surface area contributed by atoms with E-state index >= 15 is 0 Å². The molecule has 2 fully saturated rings. The number of benzene rings is 1. The zero-order valence-corrected chi connectivity index (χ0v) is 18.6. The standard InChI is InChI=1S/C25H27ClN2O4/c26-20-3-1-2-18(15-5-6-15)22(20)24(30)28-21-12-14(13-29)4-11-19(21)23(27)16-7-9-17(10-8-16)25(31)32/h1-3,7,13-15,17H,4-6,8-12,27H2,(H,31,32). The van der Waals surface area contributed by atoms with Crippen molar-refractivity contribution in [2.75, 3.05) is 0 Å². The Balaban J connectivity index is 1.69. The highest BCUT2D eigenvalue weighted by Gasteiger charge is 2.31. The number of carboxylic acids is 1. The number of nitrogens with zero attached hydrogens (tertiary/aromatic N) is 1. The van der Waals surface area contributed by atoms with E-state index in [4.69, 9.17) is 17.3 Å². The number of carboxylic acid groups (broad SMARTS) is 1. The first-order chi connectivity index (χ1) is 15.4. The Kier molecular flexibility index (Phi) is 6.60. The summed E-state index contributed by atoms with van der Waals surface area (Å²) in [5.41, 5.74) is 10.7. The lowest BCUT2D eigenvalue weighted by Crippen LogP contribution is -2.25. The molecule has 32 heavy (non-hydrogen) atoms. The minimum absolute atomic E-state index is 0.205. The van der Waals surface area contributed by atoms with E-state index in [2.05, 4.69) is 4.99 Å². The normalized spacial score (nSPS) is 26.4. The molecule has 0 heterocycles. The molecule has 0 saturated heterocycles. The first-order valence-corrected chi connectivity index (χ1v) is 11.5. The van der Waals surface area contributed by atoms with Crippen molar-refractivity contribution in [2.24, 2.45) is 22.6 Å². The van der Waals surface area contributed by atoms with Crippen molar-refractivity contribution >= 4 is 35.5 Å². The van der Waals surface area contributed by atoms with Gasteiger partial charge in [0.05, 0.1) is 22.2 Å². The van der Waals surface area contributed by atoms with Crippen molar-refractivity contribution in [3.8, 4) is 0 Å². The monoisotopic (exact) mass is 454 g/mol. The summed E-state index contributed by atoms with van der Waals surface area (Å²) < 4.78 is 0. The predicted molar refractivity (Wildman–Crippen MR) is 123 cm³/mol. The highest BCUT2D eigenvalue weighted by molar-refractivity contribution is 6.34. The SMILES string of the molecule is NC(C1=CCC(C(=O)O)CC1)=C1CCC(C=O)CC1=NC(=O)c1c(Cl)cccc1C1CC1. The van der Waals surface area contributed by atoms with Crippen LogP contribution in [0.1, 0.15) is 73.2 Å². The van der Waals surface area contributed by atoms with Gasteiger partial charge >= 0.3 is 5.97 Å². The summed E-state index contributed by atoms with van der Waals surface area (Å²) in [7, 11) is 0. The molecule has 4 rings (SSSR count). The zero-order valence-electron chi connectivity index (χ0n) is 17.9. The first-order valence-electron chi connectivity index (χ1n) is 11.2. The number of amides is 1. The second-order valence-corrected chi connectivity index (χ2v) is 9.32. The average Bonchev–Trinajstić information content (AvgIpc) is 3.63. The number of hydrogen-bond acceptors (Lipinski definition) is 4. The Morgan fingerprint density at radius 2 is 1.94 bits per heavy atom. The maximum Gasteiger partial charge on any atom is 0.306 e. The molecule has 168 valence electrons. The summed E-state index contributed by atoms with van der Waals surface area (Å²) in [5, 5.41) is 9.62. The van der Waals surface area contributed by atoms with Crippen LogP contribution in [0.5, 0.6) is 0 Å². The second kappa shape index (κ2) is 9.41. The van der Waals surface area contributed by atoms with Crippen LogP contribution in [0.15, 0.2) is 46.1 Å². The van der Waals surface area contributed by atoms with Gasteiger partial charge in [-0.3, -0.25) is 9.59 Å². The molecule has 1 amide bonds. The molecule has 3 aliphatic carbocycles. The van der Waals surface area contributed by atoms with Crippen LogP contribution >= 0.6 is 11.6 Å². The fraction of sp³-hybridized carbons (Fsp3) is 0.440. The molecule has 7 heteroatoms. The van der Waals surface area contributed by atoms with Crippen LogP contribution in [-0.4, -0.2) is 29.0 Å². The van der Waals surface area contributed by atoms with Gasteiger partial charge in [-0.15, -0.1) is 0 Å². The summed E-state index contributed by atoms with van der Waals surface area (Å²) in [6.07, 6.45) is 7.97. The molecule has 0 radical (unpaired) electrons. The minimum atomic E-state index is -0.794. The molecule has 0 aromatic heterocycles. The van der Waals surface area contributed by atoms with Crippen molar-refractivity contribution in [1.82, 2.24) is 0 Å². The molecule has 1 aromatic carbocycles. The lowest BCUT2D eigenvalue weighted by molar-refractivity contribution is -0.141. The molecule has 2 unspecified atom stereocenters. The molecular weight excluding hydrogens is 428 g/mol. The van der Waals surface area contributed by atoms with Crippen molar-refractivity contribution < 1.29 is 19.5 Å². The van der Waals surface area contributed by atoms with Crippen LogP contribution in [0.4, 0.5) is 0 Å². The van der Waals surface area contributed by atoms with Crippen LogP contribution in [0.25, 0.3) is 0 Å². The zero-order chi connectivity index (χ0) is 22.8. The van der Waals surface area contributed by atoms with Gasteiger partial charge in [0.1, 0.15) is 6.29 Å². The third-order valence-corrected chi connectivity index (χ3v) is 7.02. The van der Waals surface area contributed by atoms with Gasteiger partial charge in [0, 0.05) is 11.6 Å². The maximum absolute atomic E-state index is 13.2. The van der Waals surface area contributed by atoms with Gasteiger partial charge in [0.15, 0.2) is 0 Å². The molecule has 3 aliphatic rings. The quantitative estimate of drug-likeness (QED) is 0.619. The van der Waals surface area contributed by atoms with Crippen molar-refractivity contribution in [2.45, 2.75) is 57.3 Å². The predicted octanol–water partition coefficient (Wildman–Crippen LogP) is 4.82. The average molecular weight is 455 g/mol. The first kappa shape index (κ1) is 22.5. The van der Waals surface area contributed by atoms with Crippen molar-refractivity contribution in [1.29, 1.82) is 0 Å². The summed E-state index contributed by atoms with van der Waals surface area (Å²) in [6.45, 7) is 0. The van der Waals surface area contributed by atoms with Crippen LogP contribution < -0.4 is 5.73 Å². The van der Waals surface area contributed by atoms with Crippen LogP contribution in [0, 0.1) is 11.8 Å². The van der Waals surface area contributed by atoms with E-state index in [1.54, 1.807) is 6.07 Å². The number of aliphatic imine (C=N–C) groups is 1. The van der Waals surface area contributed by atoms with Crippen LogP contribution in [0.2, 0.25) is 5.02 Å². The van der Waals surface area contributed by atoms with E-state index < -0.39 is 17.8 Å². The largest absolute Gasteiger partial charge is 0.481 e. The van der Waals surface area contributed by atoms with E-state index in [0.29, 0.717) is 66.4 Å². The molecule has 1 aromatic rings. The Morgan fingerprint density at radius 3 is 2.56 bits per heavy atom. The third-order valence-electron chi connectivity index (χ3n) is 6.71. The maximum atomic E-state index is 13.2. The Morgan fingerprint density at radius 1 is 1.16 bits per heavy atom. The Bertz CT molecular complexity index is 1050. The summed E-state index contributed by atoms with van der Waals surface area (Å²) >= 11 is 6.39. The number of allylic oxidation sites excluding steroid dienone is 3. The lowest BCUT2D eigenvalue weighted by Gasteiger charge is -2.26. The topological polar surface area (TPSA) is 110 Å². The summed E-state index contributed by atoms with van der Waals surface area (Å²) in [4.78, 5) is 40.4. The fourth-order valence-electron chi connectivity index (χ4n) is 4.64. The van der Waals surface area contributed by atoms with E-state index in [1.165, 1.54) is 0 Å². The number of nitrogens with two attached hydrogens (primary N) is 1. The molecule has 2 atom stereocenters. The number of aldehydes is 1. The second-order valence-electron chi connectivity index (χ2n) is 8.91. The van der Waals surface area contributed by atoms with E-state index in [-0.39, 0.29) is 5.92 Å². The molecule has 0 aliphatic heterocycles. The highest BCUT2D eigenvalue weighted by atomic mass is 35.5. The molecule has 2 saturated carbocycles. The highest BCUT2D eigenvalue weighted by Crippen LogP contribution is 2.43. The number of hydrogen-bond donors (Lipinski definition) is 2. The van der Waals surface area contributed by atoms with E-state index in [1.807, 2.05) is 18.2 Å². The molecule has 6 nitrogen and oxygen atoms in total. The number of halogens is 1. The number of rotatable bonds is 5. The van der Waals surface area contributed by atoms with Crippen LogP contribution in [0.3, 0.4) is 0 Å². The van der Waals surface area contributed by atoms with E-state index in [9.17, 15) is 19.5 Å². The molecular formula is C25H27ClN2O4. The number of carbonyl (C=O) groups excluding carboxylic acids is 2. The van der Waals surface area contributed by atoms with E-state index in [0.717, 1.165) is 35.8 Å². The third kappa shape index (κ3) is 4.70. The van der Waals surface area contributed by atoms with Crippen molar-refractivity contribution in [3.05, 3.63) is 57.3 Å². The minimum Gasteiger partial charge on any atom is -0.481 e. The van der Waals surface area contributed by atoms with Gasteiger partial charge < -0.3 is 15.6 Å². The number of carbonyl (C=O) groups is 3. The van der Waals surface area contributed by atoms with Gasteiger partial charge in [-0.2, -0.15) is 0 Å². The van der Waals surface area contributed by atoms with Crippen molar-refractivity contribution in [3.63, 3.8) is 0 Å². The summed E-state index contributed by atoms with van der Waals surface area (Å²) in [5.74, 6) is -1.44. The molecule has 0 spiro atoms. The summed E-state index contributed by atoms with van der Waals surface area (Å²) in [6, 6.07) is 5.49. The molecule has 0 bridgehead atoms. The smallest absolute Gasteiger partial charge is 0.306 e. The lowest BCUT2D eigenvalue weighted by atomic mass is 9.81. The Labute approximate surface area is 192 Å². The van der Waals surface area contributed by atoms with Gasteiger partial charge in [-0.05, 0) is 80.1 Å². The molecule has 3 N–H and O–H groups in total. The van der Waals surface area contributed by atoms with Gasteiger partial charge in [-0.25, -0.2) is 4.99 Å². The van der Waals surface area contributed by atoms with Gasteiger partial charge in [0.25, 0.3) is 5.91 Å². The van der Waals surface area contributed by atoms with Gasteiger partial charge in [0.2, 0.25) is 0 Å². The number of aliphatic carboxylic acids is 1. The van der Waals surface area contributed by atoms with Crippen LogP contribution in [-0.2, 0) is 9.59 Å².